The van der Waals surface area contributed by atoms with Crippen molar-refractivity contribution in [1.29, 1.82) is 0 Å². The Kier molecular flexibility index (Phi) is 6.32. The maximum atomic E-state index is 5.80. The van der Waals surface area contributed by atoms with Crippen LogP contribution in [0.15, 0.2) is 0 Å². The molecule has 2 unspecified atom stereocenters. The zero-order chi connectivity index (χ0) is 12.0. The lowest BCUT2D eigenvalue weighted by molar-refractivity contribution is 0.0757. The summed E-state index contributed by atoms with van der Waals surface area (Å²) in [5, 5.41) is 0. The van der Waals surface area contributed by atoms with Crippen LogP contribution in [0.3, 0.4) is 0 Å². The predicted molar refractivity (Wildman–Crippen MR) is 68.5 cm³/mol. The molecule has 0 heterocycles. The molecule has 0 amide bonds. The van der Waals surface area contributed by atoms with Crippen LogP contribution in [0.2, 0.25) is 0 Å². The molecule has 1 aliphatic rings. The fourth-order valence-corrected chi connectivity index (χ4v) is 2.57. The van der Waals surface area contributed by atoms with E-state index in [0.717, 1.165) is 26.3 Å². The van der Waals surface area contributed by atoms with Crippen molar-refractivity contribution in [2.75, 3.05) is 33.4 Å². The highest BCUT2D eigenvalue weighted by Crippen LogP contribution is 2.28. The van der Waals surface area contributed by atoms with Crippen molar-refractivity contribution in [3.63, 3.8) is 0 Å². The summed E-state index contributed by atoms with van der Waals surface area (Å²) >= 11 is 0. The number of rotatable bonds is 7. The van der Waals surface area contributed by atoms with Gasteiger partial charge < -0.3 is 15.4 Å². The molecule has 0 bridgehead atoms. The molecular formula is C13H28N2O. The number of likely N-dealkylation sites (N-methyl/N-ethyl adjacent to an activating group) is 1. The first-order valence-electron chi connectivity index (χ1n) is 6.63. The Labute approximate surface area is 100 Å². The quantitative estimate of drug-likeness (QED) is 0.674. The van der Waals surface area contributed by atoms with E-state index < -0.39 is 0 Å². The third kappa shape index (κ3) is 4.40. The summed E-state index contributed by atoms with van der Waals surface area (Å²) in [4.78, 5) is 2.44. The van der Waals surface area contributed by atoms with Gasteiger partial charge in [-0.05, 0) is 38.3 Å². The Morgan fingerprint density at radius 2 is 2.12 bits per heavy atom. The zero-order valence-electron chi connectivity index (χ0n) is 11.1. The fourth-order valence-electron chi connectivity index (χ4n) is 2.57. The number of nitrogens with two attached hydrogens (primary N) is 1. The molecule has 1 rings (SSSR count). The molecule has 0 spiro atoms. The molecule has 0 aromatic carbocycles. The summed E-state index contributed by atoms with van der Waals surface area (Å²) in [6.07, 6.45) is 3.95. The fraction of sp³-hybridized carbons (Fsp3) is 1.00. The maximum Gasteiger partial charge on any atom is 0.0593 e. The highest BCUT2D eigenvalue weighted by atomic mass is 16.5. The molecule has 0 radical (unpaired) electrons. The van der Waals surface area contributed by atoms with Gasteiger partial charge >= 0.3 is 0 Å². The summed E-state index contributed by atoms with van der Waals surface area (Å²) < 4.78 is 5.62. The molecule has 0 saturated heterocycles. The van der Waals surface area contributed by atoms with Crippen LogP contribution >= 0.6 is 0 Å². The average Bonchev–Trinajstić information content (AvgIpc) is 2.71. The summed E-state index contributed by atoms with van der Waals surface area (Å²) in [5.74, 6) is 1.34. The summed E-state index contributed by atoms with van der Waals surface area (Å²) in [6.45, 7) is 7.97. The normalized spacial score (nSPS) is 25.9. The largest absolute Gasteiger partial charge is 0.380 e. The smallest absolute Gasteiger partial charge is 0.0593 e. The average molecular weight is 228 g/mol. The Morgan fingerprint density at radius 1 is 1.38 bits per heavy atom. The second-order valence-electron chi connectivity index (χ2n) is 5.44. The number of hydrogen-bond acceptors (Lipinski definition) is 3. The number of hydrogen-bond donors (Lipinski definition) is 1. The molecule has 1 fully saturated rings. The van der Waals surface area contributed by atoms with E-state index in [0.29, 0.717) is 17.9 Å². The SMILES string of the molecule is CC(C)COCCN(C)C1CCCC1CN. The minimum atomic E-state index is 0.633. The number of ether oxygens (including phenoxy) is 1. The van der Waals surface area contributed by atoms with Gasteiger partial charge in [0.1, 0.15) is 0 Å². The summed E-state index contributed by atoms with van der Waals surface area (Å²) in [6, 6.07) is 0.688. The van der Waals surface area contributed by atoms with Crippen LogP contribution in [0.5, 0.6) is 0 Å². The van der Waals surface area contributed by atoms with Crippen LogP contribution in [0.25, 0.3) is 0 Å². The van der Waals surface area contributed by atoms with E-state index in [1.165, 1.54) is 19.3 Å². The third-order valence-electron chi connectivity index (χ3n) is 3.53. The van der Waals surface area contributed by atoms with Crippen molar-refractivity contribution in [2.24, 2.45) is 17.6 Å². The molecule has 2 N–H and O–H groups in total. The van der Waals surface area contributed by atoms with Gasteiger partial charge in [0.25, 0.3) is 0 Å². The lowest BCUT2D eigenvalue weighted by Gasteiger charge is -2.29. The van der Waals surface area contributed by atoms with E-state index in [-0.39, 0.29) is 0 Å². The van der Waals surface area contributed by atoms with Crippen LogP contribution < -0.4 is 5.73 Å². The summed E-state index contributed by atoms with van der Waals surface area (Å²) in [7, 11) is 2.21. The third-order valence-corrected chi connectivity index (χ3v) is 3.53. The van der Waals surface area contributed by atoms with Gasteiger partial charge in [-0.2, -0.15) is 0 Å². The molecule has 3 heteroatoms. The standard InChI is InChI=1S/C13H28N2O/c1-11(2)10-16-8-7-15(3)13-6-4-5-12(13)9-14/h11-13H,4-10,14H2,1-3H3. The van der Waals surface area contributed by atoms with E-state index in [1.54, 1.807) is 0 Å². The Bertz CT molecular complexity index is 185. The minimum Gasteiger partial charge on any atom is -0.380 e. The lowest BCUT2D eigenvalue weighted by Crippen LogP contribution is -2.39. The van der Waals surface area contributed by atoms with Crippen molar-refractivity contribution >= 4 is 0 Å². The van der Waals surface area contributed by atoms with E-state index in [9.17, 15) is 0 Å². The van der Waals surface area contributed by atoms with E-state index in [1.807, 2.05) is 0 Å². The molecular weight excluding hydrogens is 200 g/mol. The van der Waals surface area contributed by atoms with Gasteiger partial charge in [0.15, 0.2) is 0 Å². The van der Waals surface area contributed by atoms with Crippen molar-refractivity contribution in [1.82, 2.24) is 4.90 Å². The molecule has 0 aliphatic heterocycles. The topological polar surface area (TPSA) is 38.5 Å². The molecule has 2 atom stereocenters. The van der Waals surface area contributed by atoms with Crippen molar-refractivity contribution < 1.29 is 4.74 Å². The first kappa shape index (κ1) is 13.9. The van der Waals surface area contributed by atoms with Gasteiger partial charge in [0, 0.05) is 19.2 Å². The Morgan fingerprint density at radius 3 is 2.75 bits per heavy atom. The van der Waals surface area contributed by atoms with Gasteiger partial charge in [-0.15, -0.1) is 0 Å². The van der Waals surface area contributed by atoms with Gasteiger partial charge in [0.05, 0.1) is 6.61 Å². The van der Waals surface area contributed by atoms with Gasteiger partial charge in [-0.1, -0.05) is 20.3 Å². The van der Waals surface area contributed by atoms with Crippen molar-refractivity contribution in [3.8, 4) is 0 Å². The molecule has 0 aromatic rings. The number of nitrogens with zero attached hydrogens (tertiary/aromatic N) is 1. The molecule has 3 nitrogen and oxygen atoms in total. The van der Waals surface area contributed by atoms with Gasteiger partial charge in [-0.3, -0.25) is 0 Å². The molecule has 1 aliphatic carbocycles. The maximum absolute atomic E-state index is 5.80. The second kappa shape index (κ2) is 7.25. The van der Waals surface area contributed by atoms with Crippen molar-refractivity contribution in [2.45, 2.75) is 39.2 Å². The minimum absolute atomic E-state index is 0.633. The van der Waals surface area contributed by atoms with Crippen LogP contribution in [-0.4, -0.2) is 44.3 Å². The predicted octanol–water partition coefficient (Wildman–Crippen LogP) is 1.72. The monoisotopic (exact) mass is 228 g/mol. The van der Waals surface area contributed by atoms with E-state index in [4.69, 9.17) is 10.5 Å². The first-order valence-corrected chi connectivity index (χ1v) is 6.63. The van der Waals surface area contributed by atoms with E-state index >= 15 is 0 Å². The zero-order valence-corrected chi connectivity index (χ0v) is 11.1. The molecule has 96 valence electrons. The molecule has 16 heavy (non-hydrogen) atoms. The highest BCUT2D eigenvalue weighted by molar-refractivity contribution is 4.84. The van der Waals surface area contributed by atoms with Crippen molar-refractivity contribution in [3.05, 3.63) is 0 Å². The Hall–Kier alpha value is -0.120. The second-order valence-corrected chi connectivity index (χ2v) is 5.44. The van der Waals surface area contributed by atoms with Crippen LogP contribution in [0, 0.1) is 11.8 Å². The molecule has 1 saturated carbocycles. The van der Waals surface area contributed by atoms with E-state index in [2.05, 4.69) is 25.8 Å². The van der Waals surface area contributed by atoms with Crippen LogP contribution in [-0.2, 0) is 4.74 Å². The van der Waals surface area contributed by atoms with Gasteiger partial charge in [-0.25, -0.2) is 0 Å². The Balaban J connectivity index is 2.16. The highest BCUT2D eigenvalue weighted by Gasteiger charge is 2.28. The molecule has 0 aromatic heterocycles. The lowest BCUT2D eigenvalue weighted by atomic mass is 10.0. The van der Waals surface area contributed by atoms with Gasteiger partial charge in [0.2, 0.25) is 0 Å². The van der Waals surface area contributed by atoms with Crippen LogP contribution in [0.1, 0.15) is 33.1 Å². The summed E-state index contributed by atoms with van der Waals surface area (Å²) in [5.41, 5.74) is 5.80. The first-order chi connectivity index (χ1) is 7.65. The van der Waals surface area contributed by atoms with Crippen LogP contribution in [0.4, 0.5) is 0 Å².